The molecule has 8 nitrogen and oxygen atoms in total. The predicted octanol–water partition coefficient (Wildman–Crippen LogP) is 3.49. The van der Waals surface area contributed by atoms with E-state index in [0.717, 1.165) is 16.8 Å². The van der Waals surface area contributed by atoms with E-state index in [2.05, 4.69) is 13.2 Å². The highest BCUT2D eigenvalue weighted by Crippen LogP contribution is 2.66. The van der Waals surface area contributed by atoms with Gasteiger partial charge in [0.2, 0.25) is 11.8 Å². The molecule has 3 aliphatic rings. The Labute approximate surface area is 238 Å². The molecule has 3 amide bonds. The fraction of sp³-hybridized carbons (Fsp3) is 0.594. The number of fused-ring (bicyclic) bond motifs is 1. The van der Waals surface area contributed by atoms with Crippen LogP contribution in [0, 0.1) is 37.5 Å². The Morgan fingerprint density at radius 1 is 1.18 bits per heavy atom. The summed E-state index contributed by atoms with van der Waals surface area (Å²) in [5.41, 5.74) is 0.523. The van der Waals surface area contributed by atoms with Crippen LogP contribution in [0.25, 0.3) is 0 Å². The standard InChI is InChI=1S/C32H45N3O5/c1-10-15-33(9)28(37)24-25-29(38)35(23(18-36)19(3)4)27(32(25)17-22(7)31(24,8)40-32)30(39)34(16-11-2)26-20(5)13-12-14-21(26)6/h10-14,19,22-25,27,36H,1-2,15-18H2,3-9H3/t22?,23-,24-,25-,27?,31+,32?/m0/s1. The zero-order chi connectivity index (χ0) is 29.7. The summed E-state index contributed by atoms with van der Waals surface area (Å²) >= 11 is 0. The maximum Gasteiger partial charge on any atom is 0.253 e. The Bertz CT molecular complexity index is 1190. The first-order valence-electron chi connectivity index (χ1n) is 14.3. The van der Waals surface area contributed by atoms with Crippen LogP contribution in [0.1, 0.15) is 45.2 Å². The monoisotopic (exact) mass is 551 g/mol. The average Bonchev–Trinajstić information content (AvgIpc) is 3.40. The highest BCUT2D eigenvalue weighted by Gasteiger charge is 2.80. The Hall–Kier alpha value is -2.97. The summed E-state index contributed by atoms with van der Waals surface area (Å²) in [5.74, 6) is -2.56. The number of rotatable bonds is 10. The summed E-state index contributed by atoms with van der Waals surface area (Å²) in [7, 11) is 1.70. The average molecular weight is 552 g/mol. The lowest BCUT2D eigenvalue weighted by atomic mass is 9.62. The minimum absolute atomic E-state index is 0.0717. The summed E-state index contributed by atoms with van der Waals surface area (Å²) in [6, 6.07) is 4.25. The second-order valence-corrected chi connectivity index (χ2v) is 12.4. The normalized spacial score (nSPS) is 31.3. The number of amides is 3. The lowest BCUT2D eigenvalue weighted by Gasteiger charge is -2.41. The highest BCUT2D eigenvalue weighted by molar-refractivity contribution is 6.06. The molecule has 3 aliphatic heterocycles. The van der Waals surface area contributed by atoms with Crippen molar-refractivity contribution in [2.75, 3.05) is 31.6 Å². The van der Waals surface area contributed by atoms with Crippen LogP contribution in [0.5, 0.6) is 0 Å². The van der Waals surface area contributed by atoms with Gasteiger partial charge in [-0.15, -0.1) is 13.2 Å². The minimum atomic E-state index is -1.20. The number of para-hydroxylation sites is 1. The van der Waals surface area contributed by atoms with E-state index in [0.29, 0.717) is 13.0 Å². The van der Waals surface area contributed by atoms with Gasteiger partial charge in [-0.3, -0.25) is 14.4 Å². The number of hydrogen-bond acceptors (Lipinski definition) is 5. The van der Waals surface area contributed by atoms with E-state index in [1.165, 1.54) is 0 Å². The number of hydrogen-bond donors (Lipinski definition) is 1. The van der Waals surface area contributed by atoms with Gasteiger partial charge in [0.1, 0.15) is 11.6 Å². The van der Waals surface area contributed by atoms with E-state index in [-0.39, 0.29) is 42.7 Å². The molecule has 4 rings (SSSR count). The van der Waals surface area contributed by atoms with Gasteiger partial charge in [-0.05, 0) is 50.2 Å². The molecule has 8 heteroatoms. The molecule has 40 heavy (non-hydrogen) atoms. The van der Waals surface area contributed by atoms with E-state index in [1.54, 1.807) is 33.9 Å². The molecule has 3 saturated heterocycles. The summed E-state index contributed by atoms with van der Waals surface area (Å²) in [5, 5.41) is 10.5. The van der Waals surface area contributed by atoms with Gasteiger partial charge in [0.15, 0.2) is 0 Å². The van der Waals surface area contributed by atoms with Crippen molar-refractivity contribution in [2.45, 2.75) is 71.2 Å². The zero-order valence-corrected chi connectivity index (χ0v) is 25.0. The lowest BCUT2D eigenvalue weighted by Crippen LogP contribution is -2.60. The maximum absolute atomic E-state index is 14.9. The van der Waals surface area contributed by atoms with Crippen molar-refractivity contribution in [3.8, 4) is 0 Å². The number of anilines is 1. The number of nitrogens with zero attached hydrogens (tertiary/aromatic N) is 3. The molecule has 1 spiro atoms. The van der Waals surface area contributed by atoms with Crippen molar-refractivity contribution in [2.24, 2.45) is 23.7 Å². The first-order chi connectivity index (χ1) is 18.8. The molecule has 2 bridgehead atoms. The Morgan fingerprint density at radius 2 is 1.77 bits per heavy atom. The van der Waals surface area contributed by atoms with Gasteiger partial charge < -0.3 is 24.5 Å². The summed E-state index contributed by atoms with van der Waals surface area (Å²) in [4.78, 5) is 48.2. The lowest BCUT2D eigenvalue weighted by molar-refractivity contribution is -0.154. The molecule has 1 N–H and O–H groups in total. The van der Waals surface area contributed by atoms with Crippen molar-refractivity contribution < 1.29 is 24.2 Å². The van der Waals surface area contributed by atoms with Crippen LogP contribution >= 0.6 is 0 Å². The number of likely N-dealkylation sites (tertiary alicyclic amines) is 1. The molecule has 3 unspecified atom stereocenters. The highest BCUT2D eigenvalue weighted by atomic mass is 16.5. The third kappa shape index (κ3) is 4.22. The summed E-state index contributed by atoms with van der Waals surface area (Å²) < 4.78 is 6.89. The second-order valence-electron chi connectivity index (χ2n) is 12.4. The Kier molecular flexibility index (Phi) is 8.09. The van der Waals surface area contributed by atoms with Gasteiger partial charge in [-0.1, -0.05) is 51.1 Å². The SMILES string of the molecule is C=CCN(C)C(=O)[C@@H]1[C@H]2C(=O)N([C@@H](CO)C(C)C)C(C(=O)N(CC=C)c3c(C)cccc3C)C23CC(C)[C@@]1(C)O3. The van der Waals surface area contributed by atoms with E-state index in [9.17, 15) is 19.5 Å². The largest absolute Gasteiger partial charge is 0.394 e. The summed E-state index contributed by atoms with van der Waals surface area (Å²) in [6.07, 6.45) is 3.80. The Balaban J connectivity index is 1.93. The van der Waals surface area contributed by atoms with Gasteiger partial charge in [-0.2, -0.15) is 0 Å². The summed E-state index contributed by atoms with van der Waals surface area (Å²) in [6.45, 7) is 19.7. The molecule has 3 heterocycles. The number of ether oxygens (including phenoxy) is 1. The van der Waals surface area contributed by atoms with Crippen LogP contribution in [0.3, 0.4) is 0 Å². The van der Waals surface area contributed by atoms with Crippen LogP contribution in [0.2, 0.25) is 0 Å². The van der Waals surface area contributed by atoms with E-state index in [1.807, 2.05) is 59.7 Å². The number of carbonyl (C=O) groups excluding carboxylic acids is 3. The minimum Gasteiger partial charge on any atom is -0.394 e. The number of carbonyl (C=O) groups is 3. The van der Waals surface area contributed by atoms with Crippen LogP contribution in [-0.4, -0.2) is 82.7 Å². The number of aliphatic hydroxyl groups is 1. The van der Waals surface area contributed by atoms with Crippen molar-refractivity contribution in [3.05, 3.63) is 54.6 Å². The van der Waals surface area contributed by atoms with E-state index < -0.39 is 35.1 Å². The van der Waals surface area contributed by atoms with Crippen LogP contribution in [0.15, 0.2) is 43.5 Å². The predicted molar refractivity (Wildman–Crippen MR) is 156 cm³/mol. The van der Waals surface area contributed by atoms with E-state index in [4.69, 9.17) is 4.74 Å². The molecule has 1 aromatic rings. The smallest absolute Gasteiger partial charge is 0.253 e. The fourth-order valence-electron chi connectivity index (χ4n) is 7.63. The molecule has 3 fully saturated rings. The molecular formula is C32H45N3O5. The van der Waals surface area contributed by atoms with Crippen molar-refractivity contribution in [1.82, 2.24) is 9.80 Å². The Morgan fingerprint density at radius 3 is 2.30 bits per heavy atom. The maximum atomic E-state index is 14.9. The van der Waals surface area contributed by atoms with Gasteiger partial charge in [0.05, 0.1) is 30.1 Å². The number of benzene rings is 1. The molecule has 0 radical (unpaired) electrons. The van der Waals surface area contributed by atoms with Crippen LogP contribution in [0.4, 0.5) is 5.69 Å². The molecular weight excluding hydrogens is 506 g/mol. The van der Waals surface area contributed by atoms with Gasteiger partial charge in [-0.25, -0.2) is 0 Å². The van der Waals surface area contributed by atoms with Crippen molar-refractivity contribution in [3.63, 3.8) is 0 Å². The van der Waals surface area contributed by atoms with Gasteiger partial charge >= 0.3 is 0 Å². The molecule has 0 saturated carbocycles. The topological polar surface area (TPSA) is 90.4 Å². The molecule has 0 aromatic heterocycles. The van der Waals surface area contributed by atoms with Crippen LogP contribution < -0.4 is 4.90 Å². The number of aliphatic hydroxyl groups excluding tert-OH is 1. The quantitative estimate of drug-likeness (QED) is 0.450. The second kappa shape index (κ2) is 10.8. The zero-order valence-electron chi connectivity index (χ0n) is 25.0. The van der Waals surface area contributed by atoms with Crippen molar-refractivity contribution >= 4 is 23.4 Å². The van der Waals surface area contributed by atoms with E-state index >= 15 is 0 Å². The van der Waals surface area contributed by atoms with Crippen molar-refractivity contribution in [1.29, 1.82) is 0 Å². The number of likely N-dealkylation sites (N-methyl/N-ethyl adjacent to an activating group) is 1. The third-order valence-electron chi connectivity index (χ3n) is 9.63. The first kappa shape index (κ1) is 30.0. The van der Waals surface area contributed by atoms with Gasteiger partial charge in [0.25, 0.3) is 5.91 Å². The number of aryl methyl sites for hydroxylation is 2. The molecule has 7 atom stereocenters. The fourth-order valence-corrected chi connectivity index (χ4v) is 7.63. The van der Waals surface area contributed by atoms with Gasteiger partial charge in [0, 0.05) is 25.8 Å². The molecule has 218 valence electrons. The third-order valence-corrected chi connectivity index (χ3v) is 9.63. The first-order valence-corrected chi connectivity index (χ1v) is 14.3. The van der Waals surface area contributed by atoms with Crippen LogP contribution in [-0.2, 0) is 19.1 Å². The molecule has 0 aliphatic carbocycles. The molecule has 1 aromatic carbocycles.